The molecule has 2 heterocycles. The molecule has 1 aromatic heterocycles. The SMILES string of the molecule is CCOC(=O)C[C@H](NC(=O)C(CC(C)C)n1cc(CCN2CC[C@@H](F)C2)c(C)cc1=O)c1cc(-c2c(C)cc(F)cc2C)cc(C)c1F. The summed E-state index contributed by atoms with van der Waals surface area (Å²) in [6, 6.07) is 5.52. The monoisotopic (exact) mass is 667 g/mol. The summed E-state index contributed by atoms with van der Waals surface area (Å²) in [5.74, 6) is -2.11. The molecular formula is C38H48F3N3O4. The van der Waals surface area contributed by atoms with Gasteiger partial charge in [0.05, 0.1) is 19.1 Å². The van der Waals surface area contributed by atoms with Crippen LogP contribution >= 0.6 is 0 Å². The van der Waals surface area contributed by atoms with Crippen molar-refractivity contribution in [2.24, 2.45) is 5.92 Å². The number of likely N-dealkylation sites (tertiary alicyclic amines) is 1. The van der Waals surface area contributed by atoms with Crippen LogP contribution in [0.4, 0.5) is 13.2 Å². The van der Waals surface area contributed by atoms with Gasteiger partial charge in [0, 0.05) is 37.5 Å². The van der Waals surface area contributed by atoms with Crippen LogP contribution in [0.2, 0.25) is 0 Å². The van der Waals surface area contributed by atoms with Gasteiger partial charge in [-0.15, -0.1) is 0 Å². The predicted octanol–water partition coefficient (Wildman–Crippen LogP) is 7.01. The maximum Gasteiger partial charge on any atom is 0.308 e. The maximum atomic E-state index is 16.0. The molecule has 1 saturated heterocycles. The number of carbonyl (C=O) groups is 2. The van der Waals surface area contributed by atoms with Crippen molar-refractivity contribution in [3.63, 3.8) is 0 Å². The first kappa shape index (κ1) is 36.9. The molecule has 0 aliphatic carbocycles. The lowest BCUT2D eigenvalue weighted by Crippen LogP contribution is -2.40. The van der Waals surface area contributed by atoms with Crippen LogP contribution in [0.3, 0.4) is 0 Å². The number of halogens is 3. The molecule has 10 heteroatoms. The fourth-order valence-electron chi connectivity index (χ4n) is 6.71. The second kappa shape index (κ2) is 16.0. The first-order chi connectivity index (χ1) is 22.7. The van der Waals surface area contributed by atoms with E-state index in [1.807, 2.05) is 20.8 Å². The zero-order valence-corrected chi connectivity index (χ0v) is 29.1. The second-order valence-electron chi connectivity index (χ2n) is 13.5. The van der Waals surface area contributed by atoms with Crippen LogP contribution in [-0.4, -0.2) is 53.8 Å². The summed E-state index contributed by atoms with van der Waals surface area (Å²) >= 11 is 0. The van der Waals surface area contributed by atoms with Crippen LogP contribution in [-0.2, 0) is 20.7 Å². The number of amides is 1. The van der Waals surface area contributed by atoms with Crippen molar-refractivity contribution < 1.29 is 27.5 Å². The van der Waals surface area contributed by atoms with Crippen molar-refractivity contribution in [2.75, 3.05) is 26.2 Å². The number of rotatable bonds is 13. The molecule has 3 aromatic rings. The van der Waals surface area contributed by atoms with E-state index in [2.05, 4.69) is 10.2 Å². The molecule has 1 aliphatic heterocycles. The van der Waals surface area contributed by atoms with E-state index in [9.17, 15) is 23.2 Å². The van der Waals surface area contributed by atoms with Gasteiger partial charge in [-0.05, 0) is 123 Å². The Morgan fingerprint density at radius 3 is 2.29 bits per heavy atom. The number of hydrogen-bond acceptors (Lipinski definition) is 5. The van der Waals surface area contributed by atoms with Gasteiger partial charge in [-0.3, -0.25) is 14.4 Å². The fraction of sp³-hybridized carbons (Fsp3) is 0.500. The quantitative estimate of drug-likeness (QED) is 0.199. The molecule has 0 radical (unpaired) electrons. The average Bonchev–Trinajstić information content (AvgIpc) is 3.41. The molecule has 4 rings (SSSR count). The lowest BCUT2D eigenvalue weighted by molar-refractivity contribution is -0.144. The van der Waals surface area contributed by atoms with Gasteiger partial charge in [-0.1, -0.05) is 13.8 Å². The molecule has 1 amide bonds. The summed E-state index contributed by atoms with van der Waals surface area (Å²) < 4.78 is 50.5. The number of esters is 1. The van der Waals surface area contributed by atoms with Crippen molar-refractivity contribution in [2.45, 2.75) is 92.4 Å². The van der Waals surface area contributed by atoms with Crippen molar-refractivity contribution in [3.8, 4) is 11.1 Å². The Hall–Kier alpha value is -3.92. The van der Waals surface area contributed by atoms with E-state index in [1.165, 1.54) is 22.8 Å². The van der Waals surface area contributed by atoms with Crippen molar-refractivity contribution in [1.29, 1.82) is 0 Å². The van der Waals surface area contributed by atoms with Crippen LogP contribution in [0.25, 0.3) is 11.1 Å². The number of ether oxygens (including phenoxy) is 1. The first-order valence-electron chi connectivity index (χ1n) is 16.8. The standard InChI is InChI=1S/C38H48F3N3O4/c1-8-48-35(46)19-32(31-18-28(14-26(7)37(31)41)36-24(5)15-30(40)16-25(36)6)42-38(47)33(13-22(2)3)44-20-27(23(4)17-34(44)45)9-11-43-12-10-29(39)21-43/h14-18,20,22,29,32-33H,8-13,19,21H2,1-7H3,(H,42,47)/t29-,32+,33?/m1/s1. The Morgan fingerprint density at radius 2 is 1.69 bits per heavy atom. The third kappa shape index (κ3) is 8.95. The highest BCUT2D eigenvalue weighted by Gasteiger charge is 2.30. The number of hydrogen-bond donors (Lipinski definition) is 1. The molecule has 2 aromatic carbocycles. The average molecular weight is 668 g/mol. The Bertz CT molecular complexity index is 1680. The van der Waals surface area contributed by atoms with Crippen LogP contribution in [0, 0.1) is 45.2 Å². The summed E-state index contributed by atoms with van der Waals surface area (Å²) in [4.78, 5) is 42.5. The van der Waals surface area contributed by atoms with E-state index in [4.69, 9.17) is 4.74 Å². The zero-order chi connectivity index (χ0) is 35.3. The molecule has 7 nitrogen and oxygen atoms in total. The lowest BCUT2D eigenvalue weighted by atomic mass is 9.90. The molecule has 260 valence electrons. The lowest BCUT2D eigenvalue weighted by Gasteiger charge is -2.27. The van der Waals surface area contributed by atoms with Crippen molar-refractivity contribution in [1.82, 2.24) is 14.8 Å². The topological polar surface area (TPSA) is 80.6 Å². The minimum absolute atomic E-state index is 0.0127. The second-order valence-corrected chi connectivity index (χ2v) is 13.5. The minimum atomic E-state index is -1.12. The highest BCUT2D eigenvalue weighted by molar-refractivity contribution is 5.82. The largest absolute Gasteiger partial charge is 0.466 e. The van der Waals surface area contributed by atoms with E-state index < -0.39 is 35.9 Å². The number of carbonyl (C=O) groups excluding carboxylic acids is 2. The highest BCUT2D eigenvalue weighted by atomic mass is 19.1. The molecule has 48 heavy (non-hydrogen) atoms. The molecular weight excluding hydrogens is 619 g/mol. The molecule has 1 fully saturated rings. The molecule has 0 saturated carbocycles. The third-order valence-electron chi connectivity index (χ3n) is 9.08. The summed E-state index contributed by atoms with van der Waals surface area (Å²) in [5, 5.41) is 2.91. The number of alkyl halides is 1. The number of nitrogens with one attached hydrogen (secondary N) is 1. The van der Waals surface area contributed by atoms with Gasteiger partial charge in [0.1, 0.15) is 23.8 Å². The van der Waals surface area contributed by atoms with Crippen molar-refractivity contribution in [3.05, 3.63) is 91.9 Å². The number of benzene rings is 2. The predicted molar refractivity (Wildman–Crippen MR) is 182 cm³/mol. The van der Waals surface area contributed by atoms with E-state index in [0.29, 0.717) is 61.2 Å². The van der Waals surface area contributed by atoms with Gasteiger partial charge in [-0.25, -0.2) is 13.2 Å². The molecule has 1 N–H and O–H groups in total. The molecule has 1 unspecified atom stereocenters. The van der Waals surface area contributed by atoms with E-state index in [-0.39, 0.29) is 35.9 Å². The summed E-state index contributed by atoms with van der Waals surface area (Å²) in [6.45, 7) is 14.3. The van der Waals surface area contributed by atoms with Gasteiger partial charge in [-0.2, -0.15) is 0 Å². The highest BCUT2D eigenvalue weighted by Crippen LogP contribution is 2.34. The van der Waals surface area contributed by atoms with E-state index in [1.54, 1.807) is 46.0 Å². The Labute approximate surface area is 281 Å². The Balaban J connectivity index is 1.74. The first-order valence-corrected chi connectivity index (χ1v) is 16.8. The van der Waals surface area contributed by atoms with Crippen LogP contribution in [0.1, 0.15) is 85.5 Å². The molecule has 1 aliphatic rings. The van der Waals surface area contributed by atoms with Gasteiger partial charge < -0.3 is 19.5 Å². The molecule has 0 spiro atoms. The molecule has 0 bridgehead atoms. The number of aryl methyl sites for hydroxylation is 4. The Kier molecular flexibility index (Phi) is 12.3. The molecule has 3 atom stereocenters. The van der Waals surface area contributed by atoms with Gasteiger partial charge in [0.15, 0.2) is 0 Å². The zero-order valence-electron chi connectivity index (χ0n) is 29.1. The van der Waals surface area contributed by atoms with Gasteiger partial charge >= 0.3 is 5.97 Å². The number of aromatic nitrogens is 1. The number of nitrogens with zero attached hydrogens (tertiary/aromatic N) is 2. The van der Waals surface area contributed by atoms with Gasteiger partial charge in [0.2, 0.25) is 5.91 Å². The minimum Gasteiger partial charge on any atom is -0.466 e. The summed E-state index contributed by atoms with van der Waals surface area (Å²) in [7, 11) is 0. The van der Waals surface area contributed by atoms with Gasteiger partial charge in [0.25, 0.3) is 5.56 Å². The summed E-state index contributed by atoms with van der Waals surface area (Å²) in [6.07, 6.45) is 1.94. The van der Waals surface area contributed by atoms with Crippen molar-refractivity contribution >= 4 is 11.9 Å². The number of pyridine rings is 1. The Morgan fingerprint density at radius 1 is 1.00 bits per heavy atom. The smallest absolute Gasteiger partial charge is 0.308 e. The van der Waals surface area contributed by atoms with Crippen LogP contribution in [0.15, 0.2) is 41.3 Å². The third-order valence-corrected chi connectivity index (χ3v) is 9.08. The maximum absolute atomic E-state index is 16.0. The van der Waals surface area contributed by atoms with Crippen LogP contribution < -0.4 is 10.9 Å². The summed E-state index contributed by atoms with van der Waals surface area (Å²) in [5.41, 5.74) is 4.38. The van der Waals surface area contributed by atoms with E-state index in [0.717, 1.165) is 16.7 Å². The fourth-order valence-corrected chi connectivity index (χ4v) is 6.71. The normalized spacial score (nSPS) is 16.3. The van der Waals surface area contributed by atoms with E-state index >= 15 is 4.39 Å². The van der Waals surface area contributed by atoms with Crippen LogP contribution in [0.5, 0.6) is 0 Å².